The highest BCUT2D eigenvalue weighted by molar-refractivity contribution is 7.91. The van der Waals surface area contributed by atoms with Gasteiger partial charge in [-0.1, -0.05) is 0 Å². The Kier molecular flexibility index (Phi) is 5.90. The molecule has 0 aromatic carbocycles. The van der Waals surface area contributed by atoms with Crippen molar-refractivity contribution in [1.82, 2.24) is 9.62 Å². The van der Waals surface area contributed by atoms with Gasteiger partial charge in [-0.3, -0.25) is 9.59 Å². The molecule has 1 unspecified atom stereocenters. The first-order valence-electron chi connectivity index (χ1n) is 8.12. The van der Waals surface area contributed by atoms with Crippen LogP contribution < -0.4 is 5.32 Å². The van der Waals surface area contributed by atoms with E-state index in [-0.39, 0.29) is 23.2 Å². The quantitative estimate of drug-likeness (QED) is 0.772. The van der Waals surface area contributed by atoms with Gasteiger partial charge in [0.1, 0.15) is 4.21 Å². The van der Waals surface area contributed by atoms with Gasteiger partial charge in [0.2, 0.25) is 5.91 Å². The molecule has 9 heteroatoms. The van der Waals surface area contributed by atoms with Crippen LogP contribution >= 0.6 is 11.3 Å². The Balaban J connectivity index is 2.03. The molecule has 140 valence electrons. The third-order valence-electron chi connectivity index (χ3n) is 4.35. The Labute approximate surface area is 152 Å². The Morgan fingerprint density at radius 1 is 1.40 bits per heavy atom. The van der Waals surface area contributed by atoms with E-state index in [9.17, 15) is 18.0 Å². The highest BCUT2D eigenvalue weighted by Crippen LogP contribution is 2.28. The van der Waals surface area contributed by atoms with E-state index < -0.39 is 27.3 Å². The third kappa shape index (κ3) is 4.59. The summed E-state index contributed by atoms with van der Waals surface area (Å²) in [4.78, 5) is 24.4. The van der Waals surface area contributed by atoms with Crippen molar-refractivity contribution < 1.29 is 23.1 Å². The van der Waals surface area contributed by atoms with E-state index in [1.54, 1.807) is 12.1 Å². The van der Waals surface area contributed by atoms with Gasteiger partial charge in [0.15, 0.2) is 0 Å². The van der Waals surface area contributed by atoms with Crippen molar-refractivity contribution in [2.75, 3.05) is 19.6 Å². The lowest BCUT2D eigenvalue weighted by atomic mass is 9.93. The number of rotatable bonds is 6. The van der Waals surface area contributed by atoms with E-state index in [2.05, 4.69) is 5.32 Å². The van der Waals surface area contributed by atoms with Gasteiger partial charge in [-0.15, -0.1) is 11.3 Å². The summed E-state index contributed by atoms with van der Waals surface area (Å²) in [5, 5.41) is 11.8. The molecule has 1 amide bonds. The molecule has 2 N–H and O–H groups in total. The summed E-state index contributed by atoms with van der Waals surface area (Å²) < 4.78 is 27.0. The molecule has 0 radical (unpaired) electrons. The molecule has 2 rings (SSSR count). The molecule has 0 saturated carbocycles. The summed E-state index contributed by atoms with van der Waals surface area (Å²) >= 11 is 1.22. The summed E-state index contributed by atoms with van der Waals surface area (Å²) in [7, 11) is -3.59. The molecule has 1 aromatic rings. The molecule has 2 heterocycles. The van der Waals surface area contributed by atoms with Crippen LogP contribution in [0.15, 0.2) is 16.3 Å². The highest BCUT2D eigenvalue weighted by Gasteiger charge is 2.35. The topological polar surface area (TPSA) is 104 Å². The molecule has 0 aliphatic carbocycles. The zero-order valence-corrected chi connectivity index (χ0v) is 16.2. The summed E-state index contributed by atoms with van der Waals surface area (Å²) in [5.41, 5.74) is -1.06. The van der Waals surface area contributed by atoms with Crippen LogP contribution in [0, 0.1) is 18.3 Å². The van der Waals surface area contributed by atoms with Gasteiger partial charge in [0, 0.05) is 24.5 Å². The number of piperidine rings is 1. The normalized spacial score (nSPS) is 19.6. The first-order valence-corrected chi connectivity index (χ1v) is 10.4. The number of nitrogens with zero attached hydrogens (tertiary/aromatic N) is 1. The Morgan fingerprint density at radius 2 is 2.08 bits per heavy atom. The van der Waals surface area contributed by atoms with Crippen molar-refractivity contribution in [3.63, 3.8) is 0 Å². The molecular weight excluding hydrogens is 364 g/mol. The molecule has 1 aromatic heterocycles. The van der Waals surface area contributed by atoms with Crippen LogP contribution in [0.25, 0.3) is 0 Å². The maximum atomic E-state index is 12.7. The van der Waals surface area contributed by atoms with Crippen LogP contribution in [0.3, 0.4) is 0 Å². The van der Waals surface area contributed by atoms with Crippen molar-refractivity contribution in [3.8, 4) is 0 Å². The molecule has 1 aliphatic heterocycles. The number of carboxylic acid groups (broad SMARTS) is 1. The standard InChI is InChI=1S/C16H24N2O5S2/c1-11-6-7-13(24-11)25(22,23)18-8-4-5-12(9-18)14(19)17-10-16(2,3)15(20)21/h6-7,12H,4-5,8-10H2,1-3H3,(H,17,19)(H,20,21). The summed E-state index contributed by atoms with van der Waals surface area (Å²) in [6.07, 6.45) is 1.19. The van der Waals surface area contributed by atoms with E-state index in [4.69, 9.17) is 5.11 Å². The molecule has 1 fully saturated rings. The molecule has 7 nitrogen and oxygen atoms in total. The van der Waals surface area contributed by atoms with Gasteiger partial charge in [-0.05, 0) is 45.7 Å². The maximum Gasteiger partial charge on any atom is 0.310 e. The molecule has 1 saturated heterocycles. The minimum atomic E-state index is -3.59. The van der Waals surface area contributed by atoms with E-state index in [0.29, 0.717) is 19.4 Å². The molecule has 0 bridgehead atoms. The van der Waals surface area contributed by atoms with E-state index in [1.807, 2.05) is 6.92 Å². The van der Waals surface area contributed by atoms with Crippen LogP contribution in [-0.4, -0.2) is 49.3 Å². The van der Waals surface area contributed by atoms with Crippen molar-refractivity contribution in [2.24, 2.45) is 11.3 Å². The number of carboxylic acids is 1. The maximum absolute atomic E-state index is 12.7. The second-order valence-electron chi connectivity index (χ2n) is 6.97. The van der Waals surface area contributed by atoms with Crippen LogP contribution in [0.4, 0.5) is 0 Å². The van der Waals surface area contributed by atoms with Crippen molar-refractivity contribution >= 4 is 33.2 Å². The SMILES string of the molecule is Cc1ccc(S(=O)(=O)N2CCCC(C(=O)NCC(C)(C)C(=O)O)C2)s1. The van der Waals surface area contributed by atoms with Crippen LogP contribution in [0.5, 0.6) is 0 Å². The van der Waals surface area contributed by atoms with E-state index >= 15 is 0 Å². The largest absolute Gasteiger partial charge is 0.481 e. The molecular formula is C16H24N2O5S2. The van der Waals surface area contributed by atoms with E-state index in [0.717, 1.165) is 4.88 Å². The fourth-order valence-electron chi connectivity index (χ4n) is 2.58. The van der Waals surface area contributed by atoms with Gasteiger partial charge < -0.3 is 10.4 Å². The first kappa shape index (κ1) is 19.9. The van der Waals surface area contributed by atoms with Crippen LogP contribution in [0.2, 0.25) is 0 Å². The average molecular weight is 389 g/mol. The number of amides is 1. The summed E-state index contributed by atoms with van der Waals surface area (Å²) in [6.45, 7) is 5.44. The monoisotopic (exact) mass is 388 g/mol. The molecule has 1 atom stereocenters. The predicted molar refractivity (Wildman–Crippen MR) is 95.0 cm³/mol. The lowest BCUT2D eigenvalue weighted by Crippen LogP contribution is -2.47. The minimum Gasteiger partial charge on any atom is -0.481 e. The zero-order chi connectivity index (χ0) is 18.8. The minimum absolute atomic E-state index is 0.00847. The van der Waals surface area contributed by atoms with Crippen LogP contribution in [0.1, 0.15) is 31.6 Å². The van der Waals surface area contributed by atoms with Crippen molar-refractivity contribution in [2.45, 2.75) is 37.8 Å². The number of thiophene rings is 1. The predicted octanol–water partition coefficient (Wildman–Crippen LogP) is 1.68. The Hall–Kier alpha value is -1.45. The average Bonchev–Trinajstić information content (AvgIpc) is 3.00. The number of sulfonamides is 1. The zero-order valence-electron chi connectivity index (χ0n) is 14.6. The van der Waals surface area contributed by atoms with Gasteiger partial charge in [-0.2, -0.15) is 4.31 Å². The number of aryl methyl sites for hydroxylation is 1. The lowest BCUT2D eigenvalue weighted by Gasteiger charge is -2.31. The van der Waals surface area contributed by atoms with Gasteiger partial charge in [-0.25, -0.2) is 8.42 Å². The number of hydrogen-bond acceptors (Lipinski definition) is 5. The Bertz CT molecular complexity index is 754. The summed E-state index contributed by atoms with van der Waals surface area (Å²) in [6, 6.07) is 3.36. The number of carbonyl (C=O) groups is 2. The summed E-state index contributed by atoms with van der Waals surface area (Å²) in [5.74, 6) is -1.75. The number of nitrogens with one attached hydrogen (secondary N) is 1. The first-order chi connectivity index (χ1) is 11.5. The second-order valence-corrected chi connectivity index (χ2v) is 10.4. The second kappa shape index (κ2) is 7.43. The lowest BCUT2D eigenvalue weighted by molar-refractivity contribution is -0.146. The van der Waals surface area contributed by atoms with Crippen molar-refractivity contribution in [3.05, 3.63) is 17.0 Å². The number of carbonyl (C=O) groups excluding carboxylic acids is 1. The van der Waals surface area contributed by atoms with Crippen LogP contribution in [-0.2, 0) is 19.6 Å². The Morgan fingerprint density at radius 3 is 2.64 bits per heavy atom. The number of hydrogen-bond donors (Lipinski definition) is 2. The van der Waals surface area contributed by atoms with E-state index in [1.165, 1.54) is 29.5 Å². The van der Waals surface area contributed by atoms with Gasteiger partial charge in [0.25, 0.3) is 10.0 Å². The highest BCUT2D eigenvalue weighted by atomic mass is 32.2. The number of aliphatic carboxylic acids is 1. The van der Waals surface area contributed by atoms with Gasteiger partial charge in [0.05, 0.1) is 11.3 Å². The third-order valence-corrected chi connectivity index (χ3v) is 7.68. The fourth-order valence-corrected chi connectivity index (χ4v) is 5.54. The van der Waals surface area contributed by atoms with Crippen molar-refractivity contribution in [1.29, 1.82) is 0 Å². The van der Waals surface area contributed by atoms with Gasteiger partial charge >= 0.3 is 5.97 Å². The smallest absolute Gasteiger partial charge is 0.310 e. The molecule has 0 spiro atoms. The molecule has 1 aliphatic rings. The molecule has 25 heavy (non-hydrogen) atoms. The fraction of sp³-hybridized carbons (Fsp3) is 0.625.